The summed E-state index contributed by atoms with van der Waals surface area (Å²) in [6.07, 6.45) is 0. The van der Waals surface area contributed by atoms with Crippen molar-refractivity contribution in [2.24, 2.45) is 0 Å². The second-order valence-electron chi connectivity index (χ2n) is 4.67. The van der Waals surface area contributed by atoms with E-state index in [1.165, 1.54) is 16.4 Å². The molecule has 3 rings (SSSR count). The van der Waals surface area contributed by atoms with E-state index in [9.17, 15) is 0 Å². The molecule has 20 heavy (non-hydrogen) atoms. The van der Waals surface area contributed by atoms with Crippen molar-refractivity contribution in [1.29, 1.82) is 0 Å². The molecule has 0 heterocycles. The summed E-state index contributed by atoms with van der Waals surface area (Å²) in [7, 11) is 0. The molecular weight excluding hydrogens is 436 g/mol. The average molecular weight is 451 g/mol. The maximum atomic E-state index is 2.20. The Labute approximate surface area is 140 Å². The van der Waals surface area contributed by atoms with E-state index in [1.54, 1.807) is 0 Å². The monoisotopic (exact) mass is 451 g/mol. The van der Waals surface area contributed by atoms with Crippen molar-refractivity contribution >= 4 is 49.3 Å². The van der Waals surface area contributed by atoms with Gasteiger partial charge in [-0.1, -0.05) is 107 Å². The molecule has 95 valence electrons. The molecular formula is C18H15BBi. The number of hydrogen-bond acceptors (Lipinski definition) is 0. The van der Waals surface area contributed by atoms with Crippen LogP contribution in [0.25, 0.3) is 0 Å². The van der Waals surface area contributed by atoms with Crippen molar-refractivity contribution in [2.75, 3.05) is 0 Å². The summed E-state index contributed by atoms with van der Waals surface area (Å²) in [5.74, 6) is 0. The van der Waals surface area contributed by atoms with Crippen molar-refractivity contribution < 1.29 is 0 Å². The zero-order valence-electron chi connectivity index (χ0n) is 11.2. The fraction of sp³-hybridized carbons (Fsp3) is 0. The molecule has 0 saturated heterocycles. The standard InChI is InChI=1S/C18H15B.Bi/c1-4-10-16(11-5-1)19(17-12-6-2-7-13-17)18-14-8-3-9-15-18;/h1-15H;. The van der Waals surface area contributed by atoms with Crippen molar-refractivity contribution in [1.82, 2.24) is 0 Å². The average Bonchev–Trinajstić information content (AvgIpc) is 2.51. The van der Waals surface area contributed by atoms with Crippen molar-refractivity contribution in [3.05, 3.63) is 91.0 Å². The van der Waals surface area contributed by atoms with E-state index in [4.69, 9.17) is 0 Å². The van der Waals surface area contributed by atoms with Crippen LogP contribution in [0.15, 0.2) is 91.0 Å². The van der Waals surface area contributed by atoms with Crippen LogP contribution < -0.4 is 16.4 Å². The zero-order chi connectivity index (χ0) is 12.9. The topological polar surface area (TPSA) is 0 Å². The fourth-order valence-corrected chi connectivity index (χ4v) is 2.51. The molecule has 0 N–H and O–H groups in total. The van der Waals surface area contributed by atoms with E-state index in [0.29, 0.717) is 6.71 Å². The summed E-state index contributed by atoms with van der Waals surface area (Å²) in [5.41, 5.74) is 4.00. The Balaban J connectivity index is 0.00000147. The SMILES string of the molecule is [Bi].c1ccc(B(c2ccccc2)c2ccccc2)cc1. The van der Waals surface area contributed by atoms with Gasteiger partial charge in [-0.05, 0) is 0 Å². The summed E-state index contributed by atoms with van der Waals surface area (Å²) in [5, 5.41) is 0. The molecule has 3 aromatic carbocycles. The first-order valence-corrected chi connectivity index (χ1v) is 6.60. The second-order valence-corrected chi connectivity index (χ2v) is 4.67. The second kappa shape index (κ2) is 7.41. The third-order valence-electron chi connectivity index (χ3n) is 3.40. The minimum atomic E-state index is 0. The Kier molecular flexibility index (Phi) is 5.56. The minimum absolute atomic E-state index is 0. The van der Waals surface area contributed by atoms with Crippen LogP contribution in [0.4, 0.5) is 0 Å². The Hall–Kier alpha value is -1.39. The Bertz CT molecular complexity index is 529. The quantitative estimate of drug-likeness (QED) is 0.534. The molecule has 0 spiro atoms. The van der Waals surface area contributed by atoms with Gasteiger partial charge < -0.3 is 0 Å². The number of rotatable bonds is 3. The fourth-order valence-electron chi connectivity index (χ4n) is 2.51. The first-order valence-electron chi connectivity index (χ1n) is 6.60. The van der Waals surface area contributed by atoms with E-state index in [-0.39, 0.29) is 26.2 Å². The molecule has 0 unspecified atom stereocenters. The molecule has 2 heteroatoms. The van der Waals surface area contributed by atoms with E-state index in [0.717, 1.165) is 0 Å². The molecule has 0 aliphatic heterocycles. The maximum absolute atomic E-state index is 2.20. The first kappa shape index (κ1) is 15.0. The van der Waals surface area contributed by atoms with Gasteiger partial charge in [-0.15, -0.1) is 0 Å². The molecule has 0 atom stereocenters. The van der Waals surface area contributed by atoms with E-state index >= 15 is 0 Å². The molecule has 0 bridgehead atoms. The summed E-state index contributed by atoms with van der Waals surface area (Å²) < 4.78 is 0. The predicted molar refractivity (Wildman–Crippen MR) is 89.7 cm³/mol. The van der Waals surface area contributed by atoms with Gasteiger partial charge in [-0.3, -0.25) is 0 Å². The molecule has 0 aliphatic rings. The molecule has 0 aromatic heterocycles. The van der Waals surface area contributed by atoms with Gasteiger partial charge in [0.15, 0.2) is 0 Å². The van der Waals surface area contributed by atoms with Crippen LogP contribution in [0.1, 0.15) is 0 Å². The number of benzene rings is 3. The van der Waals surface area contributed by atoms with Gasteiger partial charge in [0.1, 0.15) is 0 Å². The molecule has 0 fully saturated rings. The van der Waals surface area contributed by atoms with Crippen LogP contribution >= 0.6 is 0 Å². The van der Waals surface area contributed by atoms with Crippen molar-refractivity contribution in [3.63, 3.8) is 0 Å². The van der Waals surface area contributed by atoms with Gasteiger partial charge in [0.2, 0.25) is 6.71 Å². The minimum Gasteiger partial charge on any atom is -0.0687 e. The third kappa shape index (κ3) is 3.38. The van der Waals surface area contributed by atoms with Crippen LogP contribution in [0.2, 0.25) is 0 Å². The molecule has 0 nitrogen and oxygen atoms in total. The van der Waals surface area contributed by atoms with Crippen LogP contribution in [-0.4, -0.2) is 32.9 Å². The largest absolute Gasteiger partial charge is 0.241 e. The molecule has 3 radical (unpaired) electrons. The smallest absolute Gasteiger partial charge is 0.0687 e. The van der Waals surface area contributed by atoms with Crippen molar-refractivity contribution in [2.45, 2.75) is 0 Å². The van der Waals surface area contributed by atoms with Crippen LogP contribution in [0, 0.1) is 0 Å². The van der Waals surface area contributed by atoms with Crippen LogP contribution in [0.3, 0.4) is 0 Å². The van der Waals surface area contributed by atoms with Gasteiger partial charge in [-0.2, -0.15) is 0 Å². The van der Waals surface area contributed by atoms with E-state index in [1.807, 2.05) is 0 Å². The number of hydrogen-bond donors (Lipinski definition) is 0. The van der Waals surface area contributed by atoms with E-state index in [2.05, 4.69) is 91.0 Å². The van der Waals surface area contributed by atoms with Gasteiger partial charge >= 0.3 is 0 Å². The molecule has 0 saturated carbocycles. The molecule has 3 aromatic rings. The predicted octanol–water partition coefficient (Wildman–Crippen LogP) is 1.82. The van der Waals surface area contributed by atoms with Gasteiger partial charge in [0.05, 0.1) is 0 Å². The van der Waals surface area contributed by atoms with Gasteiger partial charge in [0, 0.05) is 26.2 Å². The normalized spacial score (nSPS) is 9.60. The first-order chi connectivity index (χ1) is 9.45. The summed E-state index contributed by atoms with van der Waals surface area (Å²) in [4.78, 5) is 0. The zero-order valence-corrected chi connectivity index (χ0v) is 14.7. The van der Waals surface area contributed by atoms with Crippen LogP contribution in [-0.2, 0) is 0 Å². The molecule has 0 aliphatic carbocycles. The third-order valence-corrected chi connectivity index (χ3v) is 3.40. The maximum Gasteiger partial charge on any atom is 0.241 e. The molecule has 0 amide bonds. The van der Waals surface area contributed by atoms with Gasteiger partial charge in [-0.25, -0.2) is 0 Å². The van der Waals surface area contributed by atoms with Gasteiger partial charge in [0.25, 0.3) is 0 Å². The Morgan fingerprint density at radius 3 is 0.900 bits per heavy atom. The Morgan fingerprint density at radius 2 is 0.650 bits per heavy atom. The Morgan fingerprint density at radius 1 is 0.400 bits per heavy atom. The summed E-state index contributed by atoms with van der Waals surface area (Å²) >= 11 is 0. The van der Waals surface area contributed by atoms with E-state index < -0.39 is 0 Å². The van der Waals surface area contributed by atoms with Crippen LogP contribution in [0.5, 0.6) is 0 Å². The summed E-state index contributed by atoms with van der Waals surface area (Å²) in [6, 6.07) is 32.0. The van der Waals surface area contributed by atoms with Crippen molar-refractivity contribution in [3.8, 4) is 0 Å². The summed E-state index contributed by atoms with van der Waals surface area (Å²) in [6.45, 7) is 0.309.